The summed E-state index contributed by atoms with van der Waals surface area (Å²) in [6.45, 7) is 13.1. The molecule has 0 heterocycles. The summed E-state index contributed by atoms with van der Waals surface area (Å²) in [7, 11) is 1.80. The van der Waals surface area contributed by atoms with Crippen molar-refractivity contribution < 1.29 is 23.7 Å². The van der Waals surface area contributed by atoms with Crippen LogP contribution in [-0.2, 0) is 23.7 Å². The molecule has 1 N–H and O–H groups in total. The second-order valence-electron chi connectivity index (χ2n) is 6.11. The summed E-state index contributed by atoms with van der Waals surface area (Å²) in [5.74, 6) is 0.162. The Labute approximate surface area is 153 Å². The van der Waals surface area contributed by atoms with Gasteiger partial charge in [0.2, 0.25) is 5.91 Å². The minimum absolute atomic E-state index is 0.0245. The standard InChI is InChI=1S/C18H38N2O5/c1-5-6-19-7-9-22-11-13-24-15-16-25-14-12-23-10-8-20(4)18(21)17(2)3/h17,19H,5-16H2,1-4H3. The topological polar surface area (TPSA) is 69.3 Å². The molecule has 0 saturated heterocycles. The Morgan fingerprint density at radius 2 is 1.32 bits per heavy atom. The van der Waals surface area contributed by atoms with Crippen LogP contribution in [0.3, 0.4) is 0 Å². The maximum Gasteiger partial charge on any atom is 0.224 e. The van der Waals surface area contributed by atoms with Crippen molar-refractivity contribution in [3.63, 3.8) is 0 Å². The van der Waals surface area contributed by atoms with E-state index in [1.165, 1.54) is 0 Å². The van der Waals surface area contributed by atoms with Crippen molar-refractivity contribution in [2.75, 3.05) is 79.5 Å². The zero-order valence-electron chi connectivity index (χ0n) is 16.6. The molecule has 0 radical (unpaired) electrons. The first-order chi connectivity index (χ1) is 12.1. The van der Waals surface area contributed by atoms with Gasteiger partial charge in [-0.25, -0.2) is 0 Å². The highest BCUT2D eigenvalue weighted by Crippen LogP contribution is 1.98. The average Bonchev–Trinajstić information content (AvgIpc) is 2.60. The predicted octanol–water partition coefficient (Wildman–Crippen LogP) is 1.17. The number of carbonyl (C=O) groups excluding carboxylic acids is 1. The lowest BCUT2D eigenvalue weighted by Gasteiger charge is -2.19. The van der Waals surface area contributed by atoms with E-state index in [0.717, 1.165) is 26.1 Å². The fourth-order valence-electron chi connectivity index (χ4n) is 1.96. The molecule has 0 aromatic heterocycles. The minimum atomic E-state index is 0.0245. The van der Waals surface area contributed by atoms with E-state index >= 15 is 0 Å². The Hall–Kier alpha value is -0.730. The van der Waals surface area contributed by atoms with Crippen LogP contribution in [0.1, 0.15) is 27.2 Å². The van der Waals surface area contributed by atoms with Crippen LogP contribution in [-0.4, -0.2) is 90.3 Å². The molecule has 0 saturated carbocycles. The third kappa shape index (κ3) is 16.5. The number of nitrogens with one attached hydrogen (secondary N) is 1. The van der Waals surface area contributed by atoms with Crippen LogP contribution in [0.4, 0.5) is 0 Å². The molecule has 7 nitrogen and oxygen atoms in total. The molecular weight excluding hydrogens is 324 g/mol. The lowest BCUT2D eigenvalue weighted by atomic mass is 10.2. The van der Waals surface area contributed by atoms with Crippen molar-refractivity contribution in [2.45, 2.75) is 27.2 Å². The average molecular weight is 363 g/mol. The molecule has 0 aliphatic heterocycles. The number of hydrogen-bond donors (Lipinski definition) is 1. The molecule has 0 aromatic carbocycles. The summed E-state index contributed by atoms with van der Waals surface area (Å²) >= 11 is 0. The summed E-state index contributed by atoms with van der Waals surface area (Å²) in [6.07, 6.45) is 1.14. The van der Waals surface area contributed by atoms with E-state index in [2.05, 4.69) is 12.2 Å². The van der Waals surface area contributed by atoms with Crippen LogP contribution in [0, 0.1) is 5.92 Å². The zero-order chi connectivity index (χ0) is 18.8. The molecule has 0 aliphatic carbocycles. The first kappa shape index (κ1) is 24.3. The molecule has 7 heteroatoms. The third-order valence-electron chi connectivity index (χ3n) is 3.41. The van der Waals surface area contributed by atoms with Crippen LogP contribution in [0.2, 0.25) is 0 Å². The molecule has 25 heavy (non-hydrogen) atoms. The molecule has 0 rings (SSSR count). The van der Waals surface area contributed by atoms with Gasteiger partial charge in [0.05, 0.1) is 52.9 Å². The Kier molecular flexibility index (Phi) is 17.5. The van der Waals surface area contributed by atoms with Crippen LogP contribution < -0.4 is 5.32 Å². The first-order valence-electron chi connectivity index (χ1n) is 9.36. The Bertz CT molecular complexity index is 303. The molecule has 0 aromatic rings. The quantitative estimate of drug-likeness (QED) is 0.369. The van der Waals surface area contributed by atoms with Gasteiger partial charge in [-0.1, -0.05) is 20.8 Å². The van der Waals surface area contributed by atoms with Crippen molar-refractivity contribution in [1.29, 1.82) is 0 Å². The van der Waals surface area contributed by atoms with E-state index in [1.807, 2.05) is 13.8 Å². The number of amides is 1. The van der Waals surface area contributed by atoms with Gasteiger partial charge in [-0.2, -0.15) is 0 Å². The highest BCUT2D eigenvalue weighted by atomic mass is 16.6. The number of rotatable bonds is 18. The van der Waals surface area contributed by atoms with Crippen molar-refractivity contribution in [1.82, 2.24) is 10.2 Å². The summed E-state index contributed by atoms with van der Waals surface area (Å²) in [4.78, 5) is 13.3. The van der Waals surface area contributed by atoms with E-state index in [4.69, 9.17) is 18.9 Å². The number of hydrogen-bond acceptors (Lipinski definition) is 6. The normalized spacial score (nSPS) is 11.2. The Morgan fingerprint density at radius 1 is 0.840 bits per heavy atom. The molecule has 0 unspecified atom stereocenters. The van der Waals surface area contributed by atoms with Gasteiger partial charge in [-0.3, -0.25) is 4.79 Å². The lowest BCUT2D eigenvalue weighted by molar-refractivity contribution is -0.133. The molecule has 1 amide bonds. The van der Waals surface area contributed by atoms with E-state index < -0.39 is 0 Å². The summed E-state index contributed by atoms with van der Waals surface area (Å²) in [5, 5.41) is 3.27. The van der Waals surface area contributed by atoms with Crippen molar-refractivity contribution >= 4 is 5.91 Å². The predicted molar refractivity (Wildman–Crippen MR) is 98.9 cm³/mol. The highest BCUT2D eigenvalue weighted by molar-refractivity contribution is 5.77. The Morgan fingerprint density at radius 3 is 1.80 bits per heavy atom. The van der Waals surface area contributed by atoms with E-state index in [0.29, 0.717) is 52.8 Å². The molecule has 150 valence electrons. The molecular formula is C18H38N2O5. The fourth-order valence-corrected chi connectivity index (χ4v) is 1.96. The van der Waals surface area contributed by atoms with E-state index in [-0.39, 0.29) is 11.8 Å². The smallest absolute Gasteiger partial charge is 0.224 e. The van der Waals surface area contributed by atoms with Crippen molar-refractivity contribution in [2.24, 2.45) is 5.92 Å². The first-order valence-corrected chi connectivity index (χ1v) is 9.36. The monoisotopic (exact) mass is 362 g/mol. The van der Waals surface area contributed by atoms with Crippen LogP contribution in [0.15, 0.2) is 0 Å². The third-order valence-corrected chi connectivity index (χ3v) is 3.41. The molecule has 0 bridgehead atoms. The second kappa shape index (κ2) is 18.1. The SMILES string of the molecule is CCCNCCOCCOCCOCCOCCN(C)C(=O)C(C)C. The van der Waals surface area contributed by atoms with Gasteiger partial charge in [0.15, 0.2) is 0 Å². The van der Waals surface area contributed by atoms with Gasteiger partial charge in [-0.05, 0) is 13.0 Å². The summed E-state index contributed by atoms with van der Waals surface area (Å²) in [6, 6.07) is 0. The summed E-state index contributed by atoms with van der Waals surface area (Å²) in [5.41, 5.74) is 0. The van der Waals surface area contributed by atoms with Crippen molar-refractivity contribution in [3.8, 4) is 0 Å². The fraction of sp³-hybridized carbons (Fsp3) is 0.944. The van der Waals surface area contributed by atoms with Crippen LogP contribution >= 0.6 is 0 Å². The molecule has 0 spiro atoms. The number of nitrogens with zero attached hydrogens (tertiary/aromatic N) is 1. The van der Waals surface area contributed by atoms with Gasteiger partial charge in [0, 0.05) is 26.1 Å². The Balaban J connectivity index is 3.15. The van der Waals surface area contributed by atoms with Crippen LogP contribution in [0.5, 0.6) is 0 Å². The summed E-state index contributed by atoms with van der Waals surface area (Å²) < 4.78 is 21.7. The van der Waals surface area contributed by atoms with Crippen molar-refractivity contribution in [3.05, 3.63) is 0 Å². The van der Waals surface area contributed by atoms with Crippen LogP contribution in [0.25, 0.3) is 0 Å². The largest absolute Gasteiger partial charge is 0.378 e. The molecule has 0 fully saturated rings. The second-order valence-corrected chi connectivity index (χ2v) is 6.11. The number of likely N-dealkylation sites (N-methyl/N-ethyl adjacent to an activating group) is 1. The minimum Gasteiger partial charge on any atom is -0.378 e. The van der Waals surface area contributed by atoms with Gasteiger partial charge < -0.3 is 29.2 Å². The maximum absolute atomic E-state index is 11.7. The van der Waals surface area contributed by atoms with Gasteiger partial charge in [-0.15, -0.1) is 0 Å². The maximum atomic E-state index is 11.7. The van der Waals surface area contributed by atoms with Gasteiger partial charge >= 0.3 is 0 Å². The number of carbonyl (C=O) groups is 1. The molecule has 0 atom stereocenters. The highest BCUT2D eigenvalue weighted by Gasteiger charge is 2.11. The number of ether oxygens (including phenoxy) is 4. The van der Waals surface area contributed by atoms with E-state index in [1.54, 1.807) is 11.9 Å². The zero-order valence-corrected chi connectivity index (χ0v) is 16.6. The van der Waals surface area contributed by atoms with Gasteiger partial charge in [0.25, 0.3) is 0 Å². The molecule has 0 aliphatic rings. The lowest BCUT2D eigenvalue weighted by Crippen LogP contribution is -2.33. The van der Waals surface area contributed by atoms with E-state index in [9.17, 15) is 4.79 Å². The van der Waals surface area contributed by atoms with Gasteiger partial charge in [0.1, 0.15) is 0 Å².